The predicted octanol–water partition coefficient (Wildman–Crippen LogP) is 4.76. The molecule has 0 atom stereocenters. The molecule has 2 aromatic carbocycles. The summed E-state index contributed by atoms with van der Waals surface area (Å²) in [4.78, 5) is 20.0. The number of ether oxygens (including phenoxy) is 2. The van der Waals surface area contributed by atoms with Gasteiger partial charge >= 0.3 is 0 Å². The van der Waals surface area contributed by atoms with E-state index in [9.17, 15) is 4.79 Å². The summed E-state index contributed by atoms with van der Waals surface area (Å²) in [5.41, 5.74) is 2.25. The molecule has 148 valence electrons. The van der Waals surface area contributed by atoms with Gasteiger partial charge < -0.3 is 19.7 Å². The Kier molecular flexibility index (Phi) is 5.59. The lowest BCUT2D eigenvalue weighted by Crippen LogP contribution is -2.30. The summed E-state index contributed by atoms with van der Waals surface area (Å²) < 4.78 is 11.4. The van der Waals surface area contributed by atoms with E-state index in [0.29, 0.717) is 35.2 Å². The van der Waals surface area contributed by atoms with E-state index in [1.54, 1.807) is 13.2 Å². The first-order chi connectivity index (χ1) is 14.2. The van der Waals surface area contributed by atoms with Crippen molar-refractivity contribution in [1.82, 2.24) is 4.90 Å². The number of amidine groups is 1. The van der Waals surface area contributed by atoms with Crippen LogP contribution in [0.1, 0.15) is 15.2 Å². The minimum Gasteiger partial charge on any atom is -0.454 e. The Bertz CT molecular complexity index is 1050. The van der Waals surface area contributed by atoms with Crippen LogP contribution in [0, 0.1) is 0 Å². The summed E-state index contributed by atoms with van der Waals surface area (Å²) in [6.07, 6.45) is 0. The molecule has 0 aliphatic carbocycles. The fourth-order valence-electron chi connectivity index (χ4n) is 3.03. The number of nitrogens with zero attached hydrogens (tertiary/aromatic N) is 2. The number of thiophene rings is 1. The van der Waals surface area contributed by atoms with Crippen LogP contribution in [0.2, 0.25) is 0 Å². The van der Waals surface area contributed by atoms with Crippen molar-refractivity contribution in [2.45, 2.75) is 0 Å². The Hall–Kier alpha value is -3.16. The van der Waals surface area contributed by atoms with E-state index in [-0.39, 0.29) is 5.91 Å². The molecule has 0 bridgehead atoms. The van der Waals surface area contributed by atoms with Crippen LogP contribution in [0.25, 0.3) is 0 Å². The fraction of sp³-hybridized carbons (Fsp3) is 0.182. The summed E-state index contributed by atoms with van der Waals surface area (Å²) in [6.45, 7) is 1.24. The highest BCUT2D eigenvalue weighted by molar-refractivity contribution is 7.12. The molecule has 6 nitrogen and oxygen atoms in total. The van der Waals surface area contributed by atoms with Gasteiger partial charge in [0.05, 0.1) is 17.0 Å². The van der Waals surface area contributed by atoms with Crippen molar-refractivity contribution < 1.29 is 14.3 Å². The van der Waals surface area contributed by atoms with Crippen molar-refractivity contribution in [3.05, 3.63) is 70.4 Å². The number of hydrogen-bond acceptors (Lipinski definition) is 6. The van der Waals surface area contributed by atoms with Crippen molar-refractivity contribution in [2.24, 2.45) is 4.99 Å². The van der Waals surface area contributed by atoms with Crippen LogP contribution in [0.5, 0.6) is 11.5 Å². The van der Waals surface area contributed by atoms with Crippen LogP contribution in [0.15, 0.2) is 65.0 Å². The smallest absolute Gasteiger partial charge is 0.265 e. The standard InChI is InChI=1S/C22H21N3O3S/c1-25(11-12-27-2)21-16-14-15(23-22(26)20-8-5-13-29-20)9-10-18(16)28-19-7-4-3-6-17(19)24-21/h3-10,13-14H,11-12H2,1-2H3,(H,23,26). The maximum Gasteiger partial charge on any atom is 0.265 e. The molecule has 0 saturated heterocycles. The van der Waals surface area contributed by atoms with E-state index < -0.39 is 0 Å². The van der Waals surface area contributed by atoms with Gasteiger partial charge in [-0.3, -0.25) is 4.79 Å². The Morgan fingerprint density at radius 3 is 2.83 bits per heavy atom. The van der Waals surface area contributed by atoms with Crippen molar-refractivity contribution in [2.75, 3.05) is 32.6 Å². The van der Waals surface area contributed by atoms with Gasteiger partial charge in [-0.25, -0.2) is 4.99 Å². The van der Waals surface area contributed by atoms with Gasteiger partial charge in [-0.2, -0.15) is 0 Å². The summed E-state index contributed by atoms with van der Waals surface area (Å²) in [6, 6.07) is 16.9. The zero-order chi connectivity index (χ0) is 20.2. The van der Waals surface area contributed by atoms with Gasteiger partial charge in [0.2, 0.25) is 0 Å². The number of anilines is 1. The van der Waals surface area contributed by atoms with E-state index in [0.717, 1.165) is 17.1 Å². The summed E-state index contributed by atoms with van der Waals surface area (Å²) in [5.74, 6) is 2.00. The molecule has 0 saturated carbocycles. The molecule has 1 aromatic heterocycles. The fourth-order valence-corrected chi connectivity index (χ4v) is 3.64. The zero-order valence-corrected chi connectivity index (χ0v) is 17.0. The highest BCUT2D eigenvalue weighted by Crippen LogP contribution is 2.38. The number of likely N-dealkylation sites (N-methyl/N-ethyl adjacent to an activating group) is 1. The molecule has 1 amide bonds. The minimum absolute atomic E-state index is 0.135. The van der Waals surface area contributed by atoms with Gasteiger partial charge in [0.15, 0.2) is 5.75 Å². The van der Waals surface area contributed by atoms with E-state index in [1.807, 2.05) is 65.9 Å². The van der Waals surface area contributed by atoms with Crippen LogP contribution < -0.4 is 10.1 Å². The van der Waals surface area contributed by atoms with Crippen molar-refractivity contribution in [1.29, 1.82) is 0 Å². The molecule has 3 aromatic rings. The molecule has 0 unspecified atom stereocenters. The number of methoxy groups -OCH3 is 1. The number of carbonyl (C=O) groups excluding carboxylic acids is 1. The van der Waals surface area contributed by atoms with Crippen LogP contribution in [-0.2, 0) is 4.74 Å². The number of benzene rings is 2. The highest BCUT2D eigenvalue weighted by Gasteiger charge is 2.22. The Labute approximate surface area is 173 Å². The number of amides is 1. The Morgan fingerprint density at radius 2 is 2.03 bits per heavy atom. The Morgan fingerprint density at radius 1 is 1.17 bits per heavy atom. The van der Waals surface area contributed by atoms with Crippen molar-refractivity contribution in [3.8, 4) is 11.5 Å². The lowest BCUT2D eigenvalue weighted by molar-refractivity contribution is 0.103. The second-order valence-corrected chi connectivity index (χ2v) is 7.51. The summed E-state index contributed by atoms with van der Waals surface area (Å²) in [7, 11) is 3.64. The molecular formula is C22H21N3O3S. The van der Waals surface area contributed by atoms with Gasteiger partial charge in [0.25, 0.3) is 5.91 Å². The molecule has 1 aliphatic heterocycles. The number of carbonyl (C=O) groups is 1. The average molecular weight is 407 g/mol. The molecular weight excluding hydrogens is 386 g/mol. The lowest BCUT2D eigenvalue weighted by atomic mass is 10.1. The summed E-state index contributed by atoms with van der Waals surface area (Å²) in [5, 5.41) is 4.84. The molecule has 1 aliphatic rings. The maximum absolute atomic E-state index is 12.5. The topological polar surface area (TPSA) is 63.2 Å². The van der Waals surface area contributed by atoms with E-state index >= 15 is 0 Å². The first-order valence-electron chi connectivity index (χ1n) is 9.20. The lowest BCUT2D eigenvalue weighted by Gasteiger charge is -2.22. The van der Waals surface area contributed by atoms with Gasteiger partial charge in [-0.1, -0.05) is 18.2 Å². The number of fused-ring (bicyclic) bond motifs is 2. The monoisotopic (exact) mass is 407 g/mol. The third-order valence-electron chi connectivity index (χ3n) is 4.53. The van der Waals surface area contributed by atoms with E-state index in [2.05, 4.69) is 5.32 Å². The Balaban J connectivity index is 1.72. The summed E-state index contributed by atoms with van der Waals surface area (Å²) >= 11 is 1.41. The number of rotatable bonds is 5. The average Bonchev–Trinajstić information content (AvgIpc) is 3.22. The van der Waals surface area contributed by atoms with Gasteiger partial charge in [-0.05, 0) is 41.8 Å². The van der Waals surface area contributed by atoms with Gasteiger partial charge in [-0.15, -0.1) is 11.3 Å². The third-order valence-corrected chi connectivity index (χ3v) is 5.40. The normalized spacial score (nSPS) is 12.1. The molecule has 2 heterocycles. The van der Waals surface area contributed by atoms with Gasteiger partial charge in [0.1, 0.15) is 17.3 Å². The zero-order valence-electron chi connectivity index (χ0n) is 16.2. The third kappa shape index (κ3) is 4.16. The number of nitrogens with one attached hydrogen (secondary N) is 1. The largest absolute Gasteiger partial charge is 0.454 e. The minimum atomic E-state index is -0.135. The van der Waals surface area contributed by atoms with Crippen LogP contribution in [0.3, 0.4) is 0 Å². The van der Waals surface area contributed by atoms with E-state index in [1.165, 1.54) is 11.3 Å². The molecule has 7 heteroatoms. The second kappa shape index (κ2) is 8.46. The number of para-hydroxylation sites is 2. The van der Waals surface area contributed by atoms with Crippen molar-refractivity contribution >= 4 is 34.5 Å². The first-order valence-corrected chi connectivity index (χ1v) is 10.1. The highest BCUT2D eigenvalue weighted by atomic mass is 32.1. The predicted molar refractivity (Wildman–Crippen MR) is 116 cm³/mol. The molecule has 29 heavy (non-hydrogen) atoms. The number of aliphatic imine (C=N–C) groups is 1. The molecule has 0 spiro atoms. The quantitative estimate of drug-likeness (QED) is 0.662. The second-order valence-electron chi connectivity index (χ2n) is 6.56. The van der Waals surface area contributed by atoms with Gasteiger partial charge in [0, 0.05) is 26.4 Å². The van der Waals surface area contributed by atoms with E-state index in [4.69, 9.17) is 14.5 Å². The van der Waals surface area contributed by atoms with Crippen molar-refractivity contribution in [3.63, 3.8) is 0 Å². The van der Waals surface area contributed by atoms with Crippen LogP contribution in [0.4, 0.5) is 11.4 Å². The van der Waals surface area contributed by atoms with Crippen LogP contribution in [-0.4, -0.2) is 44.0 Å². The molecule has 0 fully saturated rings. The molecule has 0 radical (unpaired) electrons. The molecule has 4 rings (SSSR count). The maximum atomic E-state index is 12.5. The van der Waals surface area contributed by atoms with Crippen LogP contribution >= 0.6 is 11.3 Å². The first kappa shape index (κ1) is 19.2. The number of hydrogen-bond donors (Lipinski definition) is 1. The molecule has 1 N–H and O–H groups in total. The SMILES string of the molecule is COCCN(C)C1=Nc2ccccc2Oc2ccc(NC(=O)c3cccs3)cc21.